The lowest BCUT2D eigenvalue weighted by Crippen LogP contribution is -2.16. The highest BCUT2D eigenvalue weighted by Crippen LogP contribution is 2.30. The Labute approximate surface area is 152 Å². The van der Waals surface area contributed by atoms with Gasteiger partial charge in [0.2, 0.25) is 0 Å². The Balaban J connectivity index is 2.31. The number of carboxylic acid groups (broad SMARTS) is 1. The van der Waals surface area contributed by atoms with Crippen LogP contribution in [0.5, 0.6) is 0 Å². The zero-order chi connectivity index (χ0) is 19.1. The number of hydrogen-bond acceptors (Lipinski definition) is 5. The first kappa shape index (κ1) is 19.3. The zero-order valence-electron chi connectivity index (χ0n) is 14.8. The van der Waals surface area contributed by atoms with Gasteiger partial charge in [0.15, 0.2) is 0 Å². The Kier molecular flexibility index (Phi) is 6.60. The summed E-state index contributed by atoms with van der Waals surface area (Å²) in [4.78, 5) is 24.1. The summed E-state index contributed by atoms with van der Waals surface area (Å²) < 4.78 is 5.66. The molecule has 0 aromatic heterocycles. The van der Waals surface area contributed by atoms with E-state index in [0.29, 0.717) is 28.9 Å². The fourth-order valence-electron chi connectivity index (χ4n) is 2.72. The molecule has 0 heterocycles. The molecule has 1 atom stereocenters. The molecule has 1 unspecified atom stereocenters. The van der Waals surface area contributed by atoms with Gasteiger partial charge in [0.05, 0.1) is 11.1 Å². The van der Waals surface area contributed by atoms with Crippen LogP contribution in [0.3, 0.4) is 0 Å². The molecule has 6 heteroatoms. The predicted molar refractivity (Wildman–Crippen MR) is 101 cm³/mol. The molecule has 0 amide bonds. The SMILES string of the molecule is CCCCCC(OC(=O)c1ccc(N)cc1)c1cc(N)ccc1C(=O)O. The third kappa shape index (κ3) is 4.99. The summed E-state index contributed by atoms with van der Waals surface area (Å²) in [6, 6.07) is 10.9. The molecule has 6 nitrogen and oxygen atoms in total. The van der Waals surface area contributed by atoms with Crippen molar-refractivity contribution < 1.29 is 19.4 Å². The molecule has 0 fully saturated rings. The number of carbonyl (C=O) groups excluding carboxylic acids is 1. The first-order valence-corrected chi connectivity index (χ1v) is 8.61. The average Bonchev–Trinajstić information content (AvgIpc) is 2.61. The van der Waals surface area contributed by atoms with E-state index in [9.17, 15) is 14.7 Å². The number of benzene rings is 2. The highest BCUT2D eigenvalue weighted by atomic mass is 16.5. The molecular formula is C20H24N2O4. The Hall–Kier alpha value is -3.02. The molecule has 0 spiro atoms. The minimum Gasteiger partial charge on any atom is -0.478 e. The molecule has 138 valence electrons. The van der Waals surface area contributed by atoms with Gasteiger partial charge in [-0.3, -0.25) is 0 Å². The number of nitrogen functional groups attached to an aromatic ring is 2. The molecule has 2 aromatic rings. The number of rotatable bonds is 8. The van der Waals surface area contributed by atoms with Crippen LogP contribution in [0.4, 0.5) is 11.4 Å². The first-order valence-electron chi connectivity index (χ1n) is 8.61. The maximum absolute atomic E-state index is 12.5. The topological polar surface area (TPSA) is 116 Å². The number of esters is 1. The third-order valence-electron chi connectivity index (χ3n) is 4.12. The molecule has 0 aliphatic heterocycles. The van der Waals surface area contributed by atoms with E-state index in [2.05, 4.69) is 6.92 Å². The van der Waals surface area contributed by atoms with Crippen LogP contribution in [0.15, 0.2) is 42.5 Å². The lowest BCUT2D eigenvalue weighted by Gasteiger charge is -2.20. The van der Waals surface area contributed by atoms with Crippen molar-refractivity contribution in [3.63, 3.8) is 0 Å². The van der Waals surface area contributed by atoms with Crippen molar-refractivity contribution in [2.24, 2.45) is 0 Å². The molecule has 5 N–H and O–H groups in total. The molecule has 0 aliphatic rings. The van der Waals surface area contributed by atoms with Crippen LogP contribution in [0.2, 0.25) is 0 Å². The molecule has 0 bridgehead atoms. The summed E-state index contributed by atoms with van der Waals surface area (Å²) >= 11 is 0. The highest BCUT2D eigenvalue weighted by Gasteiger charge is 2.23. The summed E-state index contributed by atoms with van der Waals surface area (Å²) in [6.45, 7) is 2.07. The van der Waals surface area contributed by atoms with Crippen LogP contribution in [0.1, 0.15) is 65.0 Å². The molecule has 26 heavy (non-hydrogen) atoms. The molecule has 0 aliphatic carbocycles. The van der Waals surface area contributed by atoms with Crippen LogP contribution < -0.4 is 11.5 Å². The number of ether oxygens (including phenoxy) is 1. The number of carboxylic acids is 1. The van der Waals surface area contributed by atoms with E-state index >= 15 is 0 Å². The van der Waals surface area contributed by atoms with Gasteiger partial charge in [0, 0.05) is 16.9 Å². The number of anilines is 2. The van der Waals surface area contributed by atoms with Crippen molar-refractivity contribution in [3.8, 4) is 0 Å². The van der Waals surface area contributed by atoms with Gasteiger partial charge < -0.3 is 21.3 Å². The summed E-state index contributed by atoms with van der Waals surface area (Å²) in [5.41, 5.74) is 13.3. The lowest BCUT2D eigenvalue weighted by atomic mass is 9.97. The molecule has 0 saturated heterocycles. The number of carbonyl (C=O) groups is 2. The van der Waals surface area contributed by atoms with Gasteiger partial charge >= 0.3 is 11.9 Å². The first-order chi connectivity index (χ1) is 12.4. The van der Waals surface area contributed by atoms with Gasteiger partial charge in [0.1, 0.15) is 6.10 Å². The van der Waals surface area contributed by atoms with Gasteiger partial charge in [-0.2, -0.15) is 0 Å². The van der Waals surface area contributed by atoms with E-state index in [1.54, 1.807) is 30.3 Å². The van der Waals surface area contributed by atoms with E-state index < -0.39 is 18.0 Å². The second-order valence-electron chi connectivity index (χ2n) is 6.16. The molecule has 0 radical (unpaired) electrons. The predicted octanol–water partition coefficient (Wildman–Crippen LogP) is 4.03. The number of unbranched alkanes of at least 4 members (excludes halogenated alkanes) is 2. The van der Waals surface area contributed by atoms with Crippen LogP contribution in [0.25, 0.3) is 0 Å². The van der Waals surface area contributed by atoms with Gasteiger partial charge in [0.25, 0.3) is 0 Å². The number of nitrogens with two attached hydrogens (primary N) is 2. The maximum Gasteiger partial charge on any atom is 0.338 e. The van der Waals surface area contributed by atoms with Gasteiger partial charge in [-0.25, -0.2) is 9.59 Å². The normalized spacial score (nSPS) is 11.7. The second kappa shape index (κ2) is 8.89. The quantitative estimate of drug-likeness (QED) is 0.374. The van der Waals surface area contributed by atoms with Gasteiger partial charge in [-0.05, 0) is 55.3 Å². The van der Waals surface area contributed by atoms with Crippen LogP contribution in [0, 0.1) is 0 Å². The Morgan fingerprint density at radius 1 is 1.04 bits per heavy atom. The van der Waals surface area contributed by atoms with E-state index in [-0.39, 0.29) is 5.56 Å². The van der Waals surface area contributed by atoms with Crippen LogP contribution >= 0.6 is 0 Å². The van der Waals surface area contributed by atoms with Gasteiger partial charge in [-0.15, -0.1) is 0 Å². The summed E-state index contributed by atoms with van der Waals surface area (Å²) in [5, 5.41) is 9.46. The summed E-state index contributed by atoms with van der Waals surface area (Å²) in [7, 11) is 0. The fraction of sp³-hybridized carbons (Fsp3) is 0.300. The number of aromatic carboxylic acids is 1. The molecular weight excluding hydrogens is 332 g/mol. The second-order valence-corrected chi connectivity index (χ2v) is 6.16. The van der Waals surface area contributed by atoms with Gasteiger partial charge in [-0.1, -0.05) is 19.8 Å². The number of hydrogen-bond donors (Lipinski definition) is 3. The van der Waals surface area contributed by atoms with Crippen molar-refractivity contribution in [2.75, 3.05) is 11.5 Å². The van der Waals surface area contributed by atoms with Crippen molar-refractivity contribution in [1.29, 1.82) is 0 Å². The standard InChI is InChI=1S/C20H24N2O4/c1-2-3-4-5-18(17-12-15(22)10-11-16(17)19(23)24)26-20(25)13-6-8-14(21)9-7-13/h6-12,18H,2-5,21-22H2,1H3,(H,23,24). The molecule has 2 rings (SSSR count). The zero-order valence-corrected chi connectivity index (χ0v) is 14.8. The van der Waals surface area contributed by atoms with E-state index in [1.165, 1.54) is 12.1 Å². The van der Waals surface area contributed by atoms with Crippen molar-refractivity contribution >= 4 is 23.3 Å². The lowest BCUT2D eigenvalue weighted by molar-refractivity contribution is 0.0264. The summed E-state index contributed by atoms with van der Waals surface area (Å²) in [5.74, 6) is -1.60. The van der Waals surface area contributed by atoms with E-state index in [0.717, 1.165) is 19.3 Å². The Morgan fingerprint density at radius 2 is 1.69 bits per heavy atom. The Morgan fingerprint density at radius 3 is 2.31 bits per heavy atom. The van der Waals surface area contributed by atoms with E-state index in [4.69, 9.17) is 16.2 Å². The highest BCUT2D eigenvalue weighted by molar-refractivity contribution is 5.92. The minimum absolute atomic E-state index is 0.0887. The molecule has 2 aromatic carbocycles. The monoisotopic (exact) mass is 356 g/mol. The third-order valence-corrected chi connectivity index (χ3v) is 4.12. The fourth-order valence-corrected chi connectivity index (χ4v) is 2.72. The molecule has 0 saturated carbocycles. The smallest absolute Gasteiger partial charge is 0.338 e. The largest absolute Gasteiger partial charge is 0.478 e. The van der Waals surface area contributed by atoms with Crippen molar-refractivity contribution in [2.45, 2.75) is 38.7 Å². The van der Waals surface area contributed by atoms with Crippen molar-refractivity contribution in [1.82, 2.24) is 0 Å². The summed E-state index contributed by atoms with van der Waals surface area (Å²) in [6.07, 6.45) is 2.62. The van der Waals surface area contributed by atoms with E-state index in [1.807, 2.05) is 0 Å². The van der Waals surface area contributed by atoms with Crippen LogP contribution in [-0.4, -0.2) is 17.0 Å². The van der Waals surface area contributed by atoms with Crippen molar-refractivity contribution in [3.05, 3.63) is 59.2 Å². The maximum atomic E-state index is 12.5. The van der Waals surface area contributed by atoms with Crippen LogP contribution in [-0.2, 0) is 4.74 Å². The minimum atomic E-state index is -1.08. The Bertz CT molecular complexity index is 772. The average molecular weight is 356 g/mol.